The molecule has 2 heteroatoms. The molecule has 2 nitrogen and oxygen atoms in total. The van der Waals surface area contributed by atoms with E-state index >= 15 is 0 Å². The molecular formula is C16H27NO. The number of rotatable bonds is 5. The second-order valence-corrected chi connectivity index (χ2v) is 5.72. The third-order valence-corrected chi connectivity index (χ3v) is 4.35. The van der Waals surface area contributed by atoms with Gasteiger partial charge < -0.3 is 5.11 Å². The van der Waals surface area contributed by atoms with Gasteiger partial charge in [0.15, 0.2) is 0 Å². The second-order valence-electron chi connectivity index (χ2n) is 5.72. The van der Waals surface area contributed by atoms with Crippen molar-refractivity contribution in [1.29, 1.82) is 0 Å². The summed E-state index contributed by atoms with van der Waals surface area (Å²) in [5.41, 5.74) is 2.73. The van der Waals surface area contributed by atoms with E-state index in [1.807, 2.05) is 0 Å². The van der Waals surface area contributed by atoms with Crippen molar-refractivity contribution in [2.75, 3.05) is 19.6 Å². The lowest BCUT2D eigenvalue weighted by molar-refractivity contribution is 0.216. The minimum Gasteiger partial charge on any atom is -0.512 e. The Morgan fingerprint density at radius 2 is 2.17 bits per heavy atom. The van der Waals surface area contributed by atoms with E-state index in [-0.39, 0.29) is 0 Å². The molecule has 1 aliphatic heterocycles. The highest BCUT2D eigenvalue weighted by Crippen LogP contribution is 2.34. The van der Waals surface area contributed by atoms with E-state index in [2.05, 4.69) is 24.8 Å². The number of unbranched alkanes of at least 4 members (excludes halogenated alkanes) is 2. The van der Waals surface area contributed by atoms with Crippen molar-refractivity contribution in [3.8, 4) is 0 Å². The summed E-state index contributed by atoms with van der Waals surface area (Å²) in [7, 11) is 0. The second kappa shape index (κ2) is 6.42. The van der Waals surface area contributed by atoms with Crippen LogP contribution in [0, 0.1) is 5.92 Å². The maximum atomic E-state index is 9.97. The molecule has 1 aliphatic carbocycles. The lowest BCUT2D eigenvalue weighted by atomic mass is 9.81. The van der Waals surface area contributed by atoms with Crippen LogP contribution in [0.4, 0.5) is 0 Å². The lowest BCUT2D eigenvalue weighted by Gasteiger charge is -2.36. The standard InChI is InChI=1S/C16H27NO/c1-3-5-6-8-17-9-7-14-11-16(18)13(4-2)10-15(14)12-17/h10,14,18H,3-9,11-12H2,1-2H3. The molecule has 1 fully saturated rings. The quantitative estimate of drug-likeness (QED) is 0.743. The molecule has 0 spiro atoms. The van der Waals surface area contributed by atoms with Crippen LogP contribution >= 0.6 is 0 Å². The van der Waals surface area contributed by atoms with Crippen LogP contribution in [0.5, 0.6) is 0 Å². The van der Waals surface area contributed by atoms with Gasteiger partial charge in [-0.05, 0) is 43.8 Å². The highest BCUT2D eigenvalue weighted by Gasteiger charge is 2.27. The van der Waals surface area contributed by atoms with Crippen LogP contribution in [0.1, 0.15) is 52.4 Å². The molecular weight excluding hydrogens is 222 g/mol. The van der Waals surface area contributed by atoms with Gasteiger partial charge in [0.05, 0.1) is 5.76 Å². The third kappa shape index (κ3) is 3.17. The summed E-state index contributed by atoms with van der Waals surface area (Å²) in [6, 6.07) is 0. The normalized spacial score (nSPS) is 25.0. The average Bonchev–Trinajstić information content (AvgIpc) is 2.38. The molecule has 102 valence electrons. The Bertz CT molecular complexity index is 341. The molecule has 1 N–H and O–H groups in total. The molecule has 0 amide bonds. The SMILES string of the molecule is CCCCCN1CCC2CC(O)=C(CC)C=C2C1. The summed E-state index contributed by atoms with van der Waals surface area (Å²) in [5, 5.41) is 9.97. The number of allylic oxidation sites excluding steroid dienone is 3. The summed E-state index contributed by atoms with van der Waals surface area (Å²) in [4.78, 5) is 2.59. The molecule has 1 atom stereocenters. The molecule has 0 bridgehead atoms. The fourth-order valence-corrected chi connectivity index (χ4v) is 3.14. The Morgan fingerprint density at radius 3 is 2.89 bits per heavy atom. The van der Waals surface area contributed by atoms with Crippen molar-refractivity contribution in [2.24, 2.45) is 5.92 Å². The number of fused-ring (bicyclic) bond motifs is 1. The van der Waals surface area contributed by atoms with E-state index in [1.54, 1.807) is 5.57 Å². The predicted octanol–water partition coefficient (Wildman–Crippen LogP) is 4.05. The van der Waals surface area contributed by atoms with Crippen molar-refractivity contribution in [1.82, 2.24) is 4.90 Å². The highest BCUT2D eigenvalue weighted by molar-refractivity contribution is 5.33. The zero-order chi connectivity index (χ0) is 13.0. The number of aliphatic hydroxyl groups is 1. The van der Waals surface area contributed by atoms with Crippen molar-refractivity contribution < 1.29 is 5.11 Å². The van der Waals surface area contributed by atoms with E-state index < -0.39 is 0 Å². The summed E-state index contributed by atoms with van der Waals surface area (Å²) in [6.45, 7) is 7.97. The molecule has 1 saturated heterocycles. The average molecular weight is 249 g/mol. The Labute approximate surface area is 111 Å². The summed E-state index contributed by atoms with van der Waals surface area (Å²) in [5.74, 6) is 1.26. The van der Waals surface area contributed by atoms with Crippen LogP contribution in [-0.4, -0.2) is 29.6 Å². The highest BCUT2D eigenvalue weighted by atomic mass is 16.3. The molecule has 0 aromatic rings. The molecule has 2 aliphatic rings. The van der Waals surface area contributed by atoms with E-state index in [4.69, 9.17) is 0 Å². The molecule has 0 aromatic heterocycles. The zero-order valence-electron chi connectivity index (χ0n) is 11.9. The fraction of sp³-hybridized carbons (Fsp3) is 0.750. The third-order valence-electron chi connectivity index (χ3n) is 4.35. The Kier molecular flexibility index (Phi) is 4.87. The van der Waals surface area contributed by atoms with Gasteiger partial charge in [-0.15, -0.1) is 0 Å². The van der Waals surface area contributed by atoms with Gasteiger partial charge >= 0.3 is 0 Å². The maximum Gasteiger partial charge on any atom is 0.0960 e. The van der Waals surface area contributed by atoms with E-state index in [9.17, 15) is 5.11 Å². The summed E-state index contributed by atoms with van der Waals surface area (Å²) >= 11 is 0. The number of hydrogen-bond donors (Lipinski definition) is 1. The van der Waals surface area contributed by atoms with Gasteiger partial charge in [0, 0.05) is 13.0 Å². The van der Waals surface area contributed by atoms with Crippen LogP contribution < -0.4 is 0 Å². The van der Waals surface area contributed by atoms with E-state index in [1.165, 1.54) is 38.8 Å². The number of aliphatic hydroxyl groups excluding tert-OH is 1. The molecule has 1 unspecified atom stereocenters. The molecule has 0 aromatic carbocycles. The first-order valence-electron chi connectivity index (χ1n) is 7.58. The summed E-state index contributed by atoms with van der Waals surface area (Å²) < 4.78 is 0. The van der Waals surface area contributed by atoms with E-state index in [0.29, 0.717) is 11.7 Å². The Morgan fingerprint density at radius 1 is 1.33 bits per heavy atom. The molecule has 1 heterocycles. The largest absolute Gasteiger partial charge is 0.512 e. The smallest absolute Gasteiger partial charge is 0.0960 e. The Balaban J connectivity index is 1.94. The maximum absolute atomic E-state index is 9.97. The van der Waals surface area contributed by atoms with Gasteiger partial charge in [-0.2, -0.15) is 0 Å². The van der Waals surface area contributed by atoms with E-state index in [0.717, 1.165) is 25.0 Å². The predicted molar refractivity (Wildman–Crippen MR) is 76.7 cm³/mol. The molecule has 18 heavy (non-hydrogen) atoms. The molecule has 0 radical (unpaired) electrons. The fourth-order valence-electron chi connectivity index (χ4n) is 3.14. The first-order chi connectivity index (χ1) is 8.74. The van der Waals surface area contributed by atoms with Crippen molar-refractivity contribution in [2.45, 2.75) is 52.4 Å². The molecule has 0 saturated carbocycles. The minimum absolute atomic E-state index is 0.614. The van der Waals surface area contributed by atoms with Crippen LogP contribution in [0.25, 0.3) is 0 Å². The number of nitrogens with zero attached hydrogens (tertiary/aromatic N) is 1. The first kappa shape index (κ1) is 13.7. The van der Waals surface area contributed by atoms with Gasteiger partial charge in [0.2, 0.25) is 0 Å². The van der Waals surface area contributed by atoms with Crippen molar-refractivity contribution >= 4 is 0 Å². The summed E-state index contributed by atoms with van der Waals surface area (Å²) in [6.07, 6.45) is 9.32. The van der Waals surface area contributed by atoms with Crippen LogP contribution in [0.15, 0.2) is 23.0 Å². The molecule has 2 rings (SSSR count). The first-order valence-corrected chi connectivity index (χ1v) is 7.58. The van der Waals surface area contributed by atoms with Crippen LogP contribution in [-0.2, 0) is 0 Å². The van der Waals surface area contributed by atoms with Gasteiger partial charge in [0.25, 0.3) is 0 Å². The van der Waals surface area contributed by atoms with Gasteiger partial charge in [-0.1, -0.05) is 38.3 Å². The van der Waals surface area contributed by atoms with Crippen molar-refractivity contribution in [3.63, 3.8) is 0 Å². The number of hydrogen-bond acceptors (Lipinski definition) is 2. The number of likely N-dealkylation sites (tertiary alicyclic amines) is 1. The minimum atomic E-state index is 0.614. The van der Waals surface area contributed by atoms with Gasteiger partial charge in [-0.25, -0.2) is 0 Å². The number of piperidine rings is 1. The Hall–Kier alpha value is -0.760. The van der Waals surface area contributed by atoms with Crippen molar-refractivity contribution in [3.05, 3.63) is 23.0 Å². The topological polar surface area (TPSA) is 23.5 Å². The monoisotopic (exact) mass is 249 g/mol. The zero-order valence-corrected chi connectivity index (χ0v) is 11.9. The van der Waals surface area contributed by atoms with Crippen LogP contribution in [0.3, 0.4) is 0 Å². The van der Waals surface area contributed by atoms with Gasteiger partial charge in [-0.3, -0.25) is 4.90 Å². The van der Waals surface area contributed by atoms with Gasteiger partial charge in [0.1, 0.15) is 0 Å². The lowest BCUT2D eigenvalue weighted by Crippen LogP contribution is -2.37. The van der Waals surface area contributed by atoms with Crippen LogP contribution in [0.2, 0.25) is 0 Å².